The molecule has 0 aromatic heterocycles. The molecule has 1 saturated heterocycles. The molecule has 0 aliphatic carbocycles. The van der Waals surface area contributed by atoms with Gasteiger partial charge in [0.25, 0.3) is 0 Å². The Morgan fingerprint density at radius 1 is 1.70 bits per heavy atom. The fourth-order valence-electron chi connectivity index (χ4n) is 1.23. The van der Waals surface area contributed by atoms with Gasteiger partial charge in [-0.1, -0.05) is 13.8 Å². The van der Waals surface area contributed by atoms with Gasteiger partial charge in [-0.2, -0.15) is 0 Å². The van der Waals surface area contributed by atoms with E-state index < -0.39 is 0 Å². The van der Waals surface area contributed by atoms with Crippen molar-refractivity contribution in [1.82, 2.24) is 0 Å². The Hall–Kier alpha value is -0.570. The summed E-state index contributed by atoms with van der Waals surface area (Å²) in [5.41, 5.74) is 5.62. The molecule has 0 saturated carbocycles. The van der Waals surface area contributed by atoms with Gasteiger partial charge in [0.05, 0.1) is 12.5 Å². The summed E-state index contributed by atoms with van der Waals surface area (Å²) >= 11 is 0. The third kappa shape index (κ3) is 1.29. The predicted molar refractivity (Wildman–Crippen MR) is 37.3 cm³/mol. The molecule has 3 heteroatoms. The quantitative estimate of drug-likeness (QED) is 0.536. The highest BCUT2D eigenvalue weighted by molar-refractivity contribution is 5.72. The van der Waals surface area contributed by atoms with E-state index in [1.54, 1.807) is 0 Å². The lowest BCUT2D eigenvalue weighted by Crippen LogP contribution is -2.33. The van der Waals surface area contributed by atoms with Crippen LogP contribution in [0.15, 0.2) is 0 Å². The van der Waals surface area contributed by atoms with E-state index in [2.05, 4.69) is 0 Å². The number of cyclic esters (lactones) is 1. The van der Waals surface area contributed by atoms with Gasteiger partial charge in [-0.05, 0) is 5.92 Å². The van der Waals surface area contributed by atoms with Gasteiger partial charge in [-0.15, -0.1) is 0 Å². The van der Waals surface area contributed by atoms with Gasteiger partial charge < -0.3 is 10.5 Å². The van der Waals surface area contributed by atoms with Crippen LogP contribution in [0, 0.1) is 5.92 Å². The normalized spacial score (nSPS) is 33.0. The molecule has 58 valence electrons. The first-order valence-corrected chi connectivity index (χ1v) is 3.56. The lowest BCUT2D eigenvalue weighted by atomic mass is 10.0. The van der Waals surface area contributed by atoms with Gasteiger partial charge in [0.15, 0.2) is 0 Å². The van der Waals surface area contributed by atoms with Crippen molar-refractivity contribution in [3.05, 3.63) is 0 Å². The number of carbonyl (C=O) groups excluding carboxylic acids is 1. The van der Waals surface area contributed by atoms with E-state index in [-0.39, 0.29) is 18.1 Å². The summed E-state index contributed by atoms with van der Waals surface area (Å²) in [6.45, 7) is 4.01. The molecule has 0 aromatic carbocycles. The summed E-state index contributed by atoms with van der Waals surface area (Å²) in [5, 5.41) is 0. The van der Waals surface area contributed by atoms with E-state index in [1.165, 1.54) is 0 Å². The molecule has 0 bridgehead atoms. The average molecular weight is 143 g/mol. The zero-order valence-electron chi connectivity index (χ0n) is 6.33. The van der Waals surface area contributed by atoms with Gasteiger partial charge >= 0.3 is 5.97 Å². The van der Waals surface area contributed by atoms with Crippen LogP contribution in [0.3, 0.4) is 0 Å². The summed E-state index contributed by atoms with van der Waals surface area (Å²) in [4.78, 5) is 10.7. The Morgan fingerprint density at radius 3 is 2.50 bits per heavy atom. The minimum atomic E-state index is -0.161. The average Bonchev–Trinajstić information content (AvgIpc) is 2.10. The molecular weight excluding hydrogens is 130 g/mol. The summed E-state index contributed by atoms with van der Waals surface area (Å²) < 4.78 is 4.97. The van der Waals surface area contributed by atoms with Gasteiger partial charge in [0, 0.05) is 0 Å². The fourth-order valence-corrected chi connectivity index (χ4v) is 1.23. The summed E-state index contributed by atoms with van der Waals surface area (Å²) in [5.74, 6) is 0.174. The van der Waals surface area contributed by atoms with Crippen molar-refractivity contribution in [3.8, 4) is 0 Å². The largest absolute Gasteiger partial charge is 0.460 e. The number of ether oxygens (including phenoxy) is 1. The lowest BCUT2D eigenvalue weighted by Gasteiger charge is -2.16. The molecule has 3 nitrogen and oxygen atoms in total. The number of esters is 1. The first-order chi connectivity index (χ1) is 4.61. The maximum atomic E-state index is 10.7. The third-order valence-electron chi connectivity index (χ3n) is 1.75. The molecule has 0 spiro atoms. The Balaban J connectivity index is 2.54. The maximum absolute atomic E-state index is 10.7. The fraction of sp³-hybridized carbons (Fsp3) is 0.857. The molecule has 0 aromatic rings. The predicted octanol–water partition coefficient (Wildman–Crippen LogP) is 0.285. The standard InChI is InChI=1S/C7H13NO2/c1-4(2)7-5(8)3-6(9)10-7/h4-5,7H,3,8H2,1-2H3/t5-,7-/m1/s1. The van der Waals surface area contributed by atoms with Crippen LogP contribution in [0.1, 0.15) is 20.3 Å². The zero-order valence-corrected chi connectivity index (χ0v) is 6.33. The van der Waals surface area contributed by atoms with Gasteiger partial charge in [0.2, 0.25) is 0 Å². The molecule has 0 amide bonds. The van der Waals surface area contributed by atoms with Crippen molar-refractivity contribution >= 4 is 5.97 Å². The Kier molecular flexibility index (Phi) is 1.94. The monoisotopic (exact) mass is 143 g/mol. The van der Waals surface area contributed by atoms with Crippen LogP contribution in [0.25, 0.3) is 0 Å². The summed E-state index contributed by atoms with van der Waals surface area (Å²) in [7, 11) is 0. The van der Waals surface area contributed by atoms with Crippen molar-refractivity contribution in [2.24, 2.45) is 11.7 Å². The van der Waals surface area contributed by atoms with E-state index in [0.717, 1.165) is 0 Å². The number of hydrogen-bond acceptors (Lipinski definition) is 3. The third-order valence-corrected chi connectivity index (χ3v) is 1.75. The first kappa shape index (κ1) is 7.54. The smallest absolute Gasteiger partial charge is 0.307 e. The van der Waals surface area contributed by atoms with Crippen LogP contribution >= 0.6 is 0 Å². The van der Waals surface area contributed by atoms with Crippen molar-refractivity contribution in [2.75, 3.05) is 0 Å². The molecule has 2 N–H and O–H groups in total. The molecule has 1 aliphatic rings. The van der Waals surface area contributed by atoms with Crippen molar-refractivity contribution in [3.63, 3.8) is 0 Å². The highest BCUT2D eigenvalue weighted by atomic mass is 16.6. The van der Waals surface area contributed by atoms with Crippen LogP contribution in [-0.4, -0.2) is 18.1 Å². The van der Waals surface area contributed by atoms with E-state index in [1.807, 2.05) is 13.8 Å². The number of carbonyl (C=O) groups is 1. The second kappa shape index (κ2) is 2.58. The van der Waals surface area contributed by atoms with E-state index >= 15 is 0 Å². The Labute approximate surface area is 60.5 Å². The highest BCUT2D eigenvalue weighted by Crippen LogP contribution is 2.19. The first-order valence-electron chi connectivity index (χ1n) is 3.56. The molecule has 10 heavy (non-hydrogen) atoms. The second-order valence-electron chi connectivity index (χ2n) is 3.07. The number of hydrogen-bond donors (Lipinski definition) is 1. The van der Waals surface area contributed by atoms with E-state index in [9.17, 15) is 4.79 Å². The van der Waals surface area contributed by atoms with Gasteiger partial charge in [-0.25, -0.2) is 0 Å². The second-order valence-corrected chi connectivity index (χ2v) is 3.07. The van der Waals surface area contributed by atoms with E-state index in [0.29, 0.717) is 12.3 Å². The minimum absolute atomic E-state index is 0.0625. The van der Waals surface area contributed by atoms with Crippen LogP contribution < -0.4 is 5.73 Å². The highest BCUT2D eigenvalue weighted by Gasteiger charge is 2.33. The summed E-state index contributed by atoms with van der Waals surface area (Å²) in [6.07, 6.45) is 0.315. The molecule has 1 fully saturated rings. The van der Waals surface area contributed by atoms with Crippen LogP contribution in [0.5, 0.6) is 0 Å². The minimum Gasteiger partial charge on any atom is -0.460 e. The summed E-state index contributed by atoms with van der Waals surface area (Å²) in [6, 6.07) is -0.0903. The molecule has 1 heterocycles. The van der Waals surface area contributed by atoms with Gasteiger partial charge in [0.1, 0.15) is 6.10 Å². The zero-order chi connectivity index (χ0) is 7.72. The van der Waals surface area contributed by atoms with E-state index in [4.69, 9.17) is 10.5 Å². The number of rotatable bonds is 1. The maximum Gasteiger partial charge on any atom is 0.307 e. The van der Waals surface area contributed by atoms with Crippen LogP contribution in [0.2, 0.25) is 0 Å². The molecule has 1 rings (SSSR count). The van der Waals surface area contributed by atoms with Crippen molar-refractivity contribution < 1.29 is 9.53 Å². The van der Waals surface area contributed by atoms with Crippen LogP contribution in [-0.2, 0) is 9.53 Å². The molecule has 2 atom stereocenters. The number of nitrogens with two attached hydrogens (primary N) is 1. The molecule has 1 aliphatic heterocycles. The Morgan fingerprint density at radius 2 is 2.30 bits per heavy atom. The molecular formula is C7H13NO2. The van der Waals surface area contributed by atoms with Gasteiger partial charge in [-0.3, -0.25) is 4.79 Å². The molecule has 0 radical (unpaired) electrons. The van der Waals surface area contributed by atoms with Crippen LogP contribution in [0.4, 0.5) is 0 Å². The lowest BCUT2D eigenvalue weighted by molar-refractivity contribution is -0.142. The topological polar surface area (TPSA) is 52.3 Å². The van der Waals surface area contributed by atoms with Crippen molar-refractivity contribution in [1.29, 1.82) is 0 Å². The Bertz CT molecular complexity index is 145. The van der Waals surface area contributed by atoms with Crippen molar-refractivity contribution in [2.45, 2.75) is 32.4 Å². The SMILES string of the molecule is CC(C)[C@H]1OC(=O)C[C@H]1N. The molecule has 0 unspecified atom stereocenters.